The van der Waals surface area contributed by atoms with Gasteiger partial charge in [-0.2, -0.15) is 0 Å². The van der Waals surface area contributed by atoms with Crippen molar-refractivity contribution in [1.82, 2.24) is 10.3 Å². The Labute approximate surface area is 164 Å². The van der Waals surface area contributed by atoms with E-state index in [1.165, 1.54) is 0 Å². The molecule has 0 bridgehead atoms. The van der Waals surface area contributed by atoms with E-state index in [1.807, 2.05) is 43.3 Å². The summed E-state index contributed by atoms with van der Waals surface area (Å²) in [4.78, 5) is 16.1. The molecule has 3 rings (SSSR count). The van der Waals surface area contributed by atoms with Gasteiger partial charge in [-0.25, -0.2) is 4.98 Å². The van der Waals surface area contributed by atoms with E-state index in [0.717, 1.165) is 11.3 Å². The molecule has 6 heteroatoms. The predicted octanol–water partition coefficient (Wildman–Crippen LogP) is 3.97. The summed E-state index contributed by atoms with van der Waals surface area (Å²) in [5.74, 6) is 2.39. The Morgan fingerprint density at radius 2 is 1.64 bits per heavy atom. The van der Waals surface area contributed by atoms with Crippen molar-refractivity contribution in [3.63, 3.8) is 0 Å². The highest BCUT2D eigenvalue weighted by Crippen LogP contribution is 2.23. The van der Waals surface area contributed by atoms with Crippen LogP contribution in [0.15, 0.2) is 72.9 Å². The second-order valence-corrected chi connectivity index (χ2v) is 5.89. The van der Waals surface area contributed by atoms with Gasteiger partial charge in [0.15, 0.2) is 6.61 Å². The summed E-state index contributed by atoms with van der Waals surface area (Å²) in [5.41, 5.74) is 0.911. The first kappa shape index (κ1) is 19.2. The van der Waals surface area contributed by atoms with Crippen LogP contribution in [-0.2, 0) is 11.3 Å². The van der Waals surface area contributed by atoms with Crippen molar-refractivity contribution in [1.29, 1.82) is 0 Å². The maximum atomic E-state index is 12.0. The Morgan fingerprint density at radius 1 is 0.929 bits per heavy atom. The highest BCUT2D eigenvalue weighted by atomic mass is 16.5. The van der Waals surface area contributed by atoms with Crippen LogP contribution in [0.1, 0.15) is 12.5 Å². The second-order valence-electron chi connectivity index (χ2n) is 5.89. The molecular weight excluding hydrogens is 356 g/mol. The monoisotopic (exact) mass is 378 g/mol. The summed E-state index contributed by atoms with van der Waals surface area (Å²) in [6, 6.07) is 20.3. The Hall–Kier alpha value is -3.54. The van der Waals surface area contributed by atoms with Gasteiger partial charge in [0, 0.05) is 18.8 Å². The van der Waals surface area contributed by atoms with Crippen LogP contribution in [0.5, 0.6) is 23.1 Å². The summed E-state index contributed by atoms with van der Waals surface area (Å²) in [6.07, 6.45) is 1.65. The number of pyridine rings is 1. The molecule has 1 aromatic heterocycles. The largest absolute Gasteiger partial charge is 0.484 e. The van der Waals surface area contributed by atoms with Crippen molar-refractivity contribution >= 4 is 5.91 Å². The van der Waals surface area contributed by atoms with Crippen LogP contribution in [-0.4, -0.2) is 24.1 Å². The van der Waals surface area contributed by atoms with Crippen LogP contribution in [0, 0.1) is 0 Å². The van der Waals surface area contributed by atoms with Crippen molar-refractivity contribution in [2.75, 3.05) is 13.2 Å². The van der Waals surface area contributed by atoms with Crippen LogP contribution >= 0.6 is 0 Å². The molecule has 6 nitrogen and oxygen atoms in total. The molecule has 0 aliphatic heterocycles. The maximum Gasteiger partial charge on any atom is 0.258 e. The van der Waals surface area contributed by atoms with E-state index in [-0.39, 0.29) is 12.5 Å². The second kappa shape index (κ2) is 9.97. The average molecular weight is 378 g/mol. The van der Waals surface area contributed by atoms with E-state index in [9.17, 15) is 4.79 Å². The molecule has 2 aromatic carbocycles. The van der Waals surface area contributed by atoms with Gasteiger partial charge in [-0.3, -0.25) is 4.79 Å². The zero-order valence-corrected chi connectivity index (χ0v) is 15.6. The minimum absolute atomic E-state index is 0.0672. The summed E-state index contributed by atoms with van der Waals surface area (Å²) < 4.78 is 16.6. The van der Waals surface area contributed by atoms with Crippen molar-refractivity contribution in [3.05, 3.63) is 78.5 Å². The Morgan fingerprint density at radius 3 is 2.39 bits per heavy atom. The number of nitrogens with zero attached hydrogens (tertiary/aromatic N) is 1. The van der Waals surface area contributed by atoms with Crippen LogP contribution in [0.25, 0.3) is 0 Å². The fourth-order valence-electron chi connectivity index (χ4n) is 2.42. The molecule has 0 fully saturated rings. The van der Waals surface area contributed by atoms with Gasteiger partial charge in [-0.05, 0) is 55.0 Å². The van der Waals surface area contributed by atoms with E-state index in [1.54, 1.807) is 36.5 Å². The molecule has 0 atom stereocenters. The molecule has 1 N–H and O–H groups in total. The molecule has 1 amide bonds. The zero-order valence-electron chi connectivity index (χ0n) is 15.6. The molecule has 28 heavy (non-hydrogen) atoms. The van der Waals surface area contributed by atoms with Crippen LogP contribution < -0.4 is 19.5 Å². The highest BCUT2D eigenvalue weighted by molar-refractivity contribution is 5.77. The third-order valence-corrected chi connectivity index (χ3v) is 3.75. The van der Waals surface area contributed by atoms with E-state index in [4.69, 9.17) is 14.2 Å². The molecule has 0 aliphatic carbocycles. The molecule has 0 unspecified atom stereocenters. The SMILES string of the molecule is CCOc1cc(CNC(=O)COc2ccc(Oc3ccccc3)cc2)ccn1. The molecule has 0 spiro atoms. The molecule has 0 saturated heterocycles. The summed E-state index contributed by atoms with van der Waals surface area (Å²) >= 11 is 0. The van der Waals surface area contributed by atoms with Gasteiger partial charge in [0.2, 0.25) is 5.88 Å². The van der Waals surface area contributed by atoms with Crippen molar-refractivity contribution in [2.45, 2.75) is 13.5 Å². The minimum Gasteiger partial charge on any atom is -0.484 e. The fourth-order valence-corrected chi connectivity index (χ4v) is 2.42. The Kier molecular flexibility index (Phi) is 6.84. The lowest BCUT2D eigenvalue weighted by molar-refractivity contribution is -0.123. The van der Waals surface area contributed by atoms with Crippen LogP contribution in [0.4, 0.5) is 0 Å². The van der Waals surface area contributed by atoms with Gasteiger partial charge >= 0.3 is 0 Å². The minimum atomic E-state index is -0.209. The van der Waals surface area contributed by atoms with E-state index >= 15 is 0 Å². The lowest BCUT2D eigenvalue weighted by atomic mass is 10.2. The number of hydrogen-bond acceptors (Lipinski definition) is 5. The number of amides is 1. The van der Waals surface area contributed by atoms with E-state index in [0.29, 0.717) is 30.5 Å². The Bertz CT molecular complexity index is 883. The number of carbonyl (C=O) groups excluding carboxylic acids is 1. The first-order valence-electron chi connectivity index (χ1n) is 9.03. The molecule has 0 radical (unpaired) electrons. The maximum absolute atomic E-state index is 12.0. The van der Waals surface area contributed by atoms with Crippen LogP contribution in [0.2, 0.25) is 0 Å². The number of para-hydroxylation sites is 1. The number of benzene rings is 2. The third-order valence-electron chi connectivity index (χ3n) is 3.75. The number of rotatable bonds is 9. The molecule has 0 saturated carbocycles. The first-order chi connectivity index (χ1) is 13.7. The number of aromatic nitrogens is 1. The summed E-state index contributed by atoms with van der Waals surface area (Å²) in [5, 5.41) is 2.81. The quantitative estimate of drug-likeness (QED) is 0.610. The smallest absolute Gasteiger partial charge is 0.258 e. The predicted molar refractivity (Wildman–Crippen MR) is 106 cm³/mol. The summed E-state index contributed by atoms with van der Waals surface area (Å²) in [7, 11) is 0. The molecule has 1 heterocycles. The van der Waals surface area contributed by atoms with Gasteiger partial charge < -0.3 is 19.5 Å². The summed E-state index contributed by atoms with van der Waals surface area (Å²) in [6.45, 7) is 2.76. The standard InChI is InChI=1S/C22H22N2O4/c1-2-26-22-14-17(12-13-23-22)15-24-21(25)16-27-18-8-10-20(11-9-18)28-19-6-4-3-5-7-19/h3-14H,2,15-16H2,1H3,(H,24,25). The first-order valence-corrected chi connectivity index (χ1v) is 9.03. The molecule has 0 aliphatic rings. The molecule has 144 valence electrons. The van der Waals surface area contributed by atoms with Gasteiger partial charge in [0.25, 0.3) is 5.91 Å². The van der Waals surface area contributed by atoms with Crippen molar-refractivity contribution in [2.24, 2.45) is 0 Å². The van der Waals surface area contributed by atoms with Gasteiger partial charge in [0.05, 0.1) is 6.61 Å². The van der Waals surface area contributed by atoms with Crippen LogP contribution in [0.3, 0.4) is 0 Å². The number of hydrogen-bond donors (Lipinski definition) is 1. The molecule has 3 aromatic rings. The lowest BCUT2D eigenvalue weighted by Crippen LogP contribution is -2.28. The Balaban J connectivity index is 1.43. The van der Waals surface area contributed by atoms with E-state index in [2.05, 4.69) is 10.3 Å². The molecular formula is C22H22N2O4. The third kappa shape index (κ3) is 6.02. The average Bonchev–Trinajstić information content (AvgIpc) is 2.73. The lowest BCUT2D eigenvalue weighted by Gasteiger charge is -2.09. The highest BCUT2D eigenvalue weighted by Gasteiger charge is 2.05. The number of ether oxygens (including phenoxy) is 3. The van der Waals surface area contributed by atoms with Gasteiger partial charge in [-0.1, -0.05) is 18.2 Å². The van der Waals surface area contributed by atoms with Gasteiger partial charge in [0.1, 0.15) is 17.2 Å². The van der Waals surface area contributed by atoms with E-state index < -0.39 is 0 Å². The fraction of sp³-hybridized carbons (Fsp3) is 0.182. The van der Waals surface area contributed by atoms with Gasteiger partial charge in [-0.15, -0.1) is 0 Å². The van der Waals surface area contributed by atoms with Crippen molar-refractivity contribution in [3.8, 4) is 23.1 Å². The van der Waals surface area contributed by atoms with Crippen molar-refractivity contribution < 1.29 is 19.0 Å². The zero-order chi connectivity index (χ0) is 19.6. The topological polar surface area (TPSA) is 69.7 Å². The number of nitrogens with one attached hydrogen (secondary N) is 1. The number of carbonyl (C=O) groups is 1. The normalized spacial score (nSPS) is 10.2.